The largest absolute Gasteiger partial charge is 0.333 e. The lowest BCUT2D eigenvalue weighted by atomic mass is 10.2. The number of hydrogen-bond acceptors (Lipinski definition) is 2. The highest BCUT2D eigenvalue weighted by Gasteiger charge is 2.25. The Morgan fingerprint density at radius 3 is 2.36 bits per heavy atom. The fourth-order valence-corrected chi connectivity index (χ4v) is 4.12. The first-order valence-electron chi connectivity index (χ1n) is 8.52. The van der Waals surface area contributed by atoms with Crippen LogP contribution in [0.5, 0.6) is 0 Å². The van der Waals surface area contributed by atoms with Crippen molar-refractivity contribution in [3.8, 4) is 0 Å². The summed E-state index contributed by atoms with van der Waals surface area (Å²) >= 11 is 1.63. The molecule has 0 saturated carbocycles. The molecule has 5 heteroatoms. The minimum atomic E-state index is -0.251. The van der Waals surface area contributed by atoms with E-state index >= 15 is 0 Å². The smallest absolute Gasteiger partial charge is 0.271 e. The summed E-state index contributed by atoms with van der Waals surface area (Å²) in [7, 11) is 0. The van der Waals surface area contributed by atoms with Crippen LogP contribution in [0.3, 0.4) is 0 Å². The molecular formula is C20H23FN2OS. The summed E-state index contributed by atoms with van der Waals surface area (Å²) in [5.41, 5.74) is 2.71. The highest BCUT2D eigenvalue weighted by Crippen LogP contribution is 2.28. The van der Waals surface area contributed by atoms with E-state index in [9.17, 15) is 9.18 Å². The summed E-state index contributed by atoms with van der Waals surface area (Å²) in [6, 6.07) is 10.7. The Balaban J connectivity index is 2.04. The van der Waals surface area contributed by atoms with E-state index in [-0.39, 0.29) is 23.8 Å². The predicted molar refractivity (Wildman–Crippen MR) is 102 cm³/mol. The average Bonchev–Trinajstić information content (AvgIpc) is 3.11. The third-order valence-electron chi connectivity index (χ3n) is 4.34. The average molecular weight is 358 g/mol. The number of nitrogens with zero attached hydrogens (tertiary/aromatic N) is 2. The highest BCUT2D eigenvalue weighted by molar-refractivity contribution is 7.17. The van der Waals surface area contributed by atoms with Crippen molar-refractivity contribution in [2.24, 2.45) is 0 Å². The van der Waals surface area contributed by atoms with Crippen LogP contribution >= 0.6 is 11.3 Å². The van der Waals surface area contributed by atoms with Crippen molar-refractivity contribution in [3.05, 3.63) is 58.9 Å². The minimum absolute atomic E-state index is 0.0375. The summed E-state index contributed by atoms with van der Waals surface area (Å²) in [5.74, 6) is -0.213. The van der Waals surface area contributed by atoms with E-state index in [0.29, 0.717) is 12.2 Å². The van der Waals surface area contributed by atoms with E-state index in [0.717, 1.165) is 15.8 Å². The molecule has 0 N–H and O–H groups in total. The molecule has 1 amide bonds. The molecule has 0 spiro atoms. The molecule has 0 bridgehead atoms. The third-order valence-corrected chi connectivity index (χ3v) is 5.20. The molecule has 25 heavy (non-hydrogen) atoms. The number of carbonyl (C=O) groups excluding carboxylic acids is 1. The quantitative estimate of drug-likeness (QED) is 0.619. The minimum Gasteiger partial charge on any atom is -0.333 e. The molecule has 2 aromatic heterocycles. The highest BCUT2D eigenvalue weighted by atomic mass is 32.1. The molecule has 0 radical (unpaired) electrons. The molecule has 3 nitrogen and oxygen atoms in total. The maximum atomic E-state index is 13.2. The molecule has 132 valence electrons. The Bertz CT molecular complexity index is 869. The first-order chi connectivity index (χ1) is 11.9. The van der Waals surface area contributed by atoms with Crippen molar-refractivity contribution in [1.82, 2.24) is 9.47 Å². The molecule has 0 fully saturated rings. The maximum Gasteiger partial charge on any atom is 0.271 e. The van der Waals surface area contributed by atoms with E-state index in [4.69, 9.17) is 0 Å². The van der Waals surface area contributed by atoms with Crippen LogP contribution in [0.25, 0.3) is 10.2 Å². The first kappa shape index (κ1) is 17.7. The van der Waals surface area contributed by atoms with Gasteiger partial charge in [0, 0.05) is 18.6 Å². The second kappa shape index (κ2) is 7.00. The summed E-state index contributed by atoms with van der Waals surface area (Å²) in [5, 5.41) is 2.03. The van der Waals surface area contributed by atoms with Gasteiger partial charge in [-0.05, 0) is 62.9 Å². The number of rotatable bonds is 5. The van der Waals surface area contributed by atoms with Crippen LogP contribution in [0.4, 0.5) is 4.39 Å². The lowest BCUT2D eigenvalue weighted by molar-refractivity contribution is 0.0633. The number of thiophene rings is 1. The van der Waals surface area contributed by atoms with Crippen LogP contribution in [0, 0.1) is 5.82 Å². The monoisotopic (exact) mass is 358 g/mol. The SMILES string of the molecule is CC(C)N(C(=O)c1cc2sccc2n1Cc1ccc(F)cc1)C(C)C. The van der Waals surface area contributed by atoms with Gasteiger partial charge in [0.25, 0.3) is 5.91 Å². The van der Waals surface area contributed by atoms with Crippen molar-refractivity contribution in [2.45, 2.75) is 46.3 Å². The molecule has 2 heterocycles. The second-order valence-corrected chi connectivity index (χ2v) is 7.76. The van der Waals surface area contributed by atoms with Crippen LogP contribution in [0.2, 0.25) is 0 Å². The van der Waals surface area contributed by atoms with Gasteiger partial charge in [0.15, 0.2) is 0 Å². The Kier molecular flexibility index (Phi) is 4.95. The van der Waals surface area contributed by atoms with Gasteiger partial charge in [-0.25, -0.2) is 4.39 Å². The number of fused-ring (bicyclic) bond motifs is 1. The van der Waals surface area contributed by atoms with Gasteiger partial charge < -0.3 is 9.47 Å². The zero-order valence-electron chi connectivity index (χ0n) is 15.0. The first-order valence-corrected chi connectivity index (χ1v) is 9.40. The lowest BCUT2D eigenvalue weighted by Crippen LogP contribution is -2.42. The van der Waals surface area contributed by atoms with Crippen molar-refractivity contribution in [1.29, 1.82) is 0 Å². The van der Waals surface area contributed by atoms with Crippen molar-refractivity contribution >= 4 is 27.5 Å². The lowest BCUT2D eigenvalue weighted by Gasteiger charge is -2.31. The topological polar surface area (TPSA) is 25.2 Å². The van der Waals surface area contributed by atoms with E-state index in [1.165, 1.54) is 12.1 Å². The molecule has 0 unspecified atom stereocenters. The van der Waals surface area contributed by atoms with Crippen LogP contribution in [-0.4, -0.2) is 27.5 Å². The van der Waals surface area contributed by atoms with Gasteiger partial charge in [0.1, 0.15) is 11.5 Å². The Labute approximate surface area is 151 Å². The van der Waals surface area contributed by atoms with E-state index < -0.39 is 0 Å². The van der Waals surface area contributed by atoms with Gasteiger partial charge in [0.2, 0.25) is 0 Å². The van der Waals surface area contributed by atoms with Gasteiger partial charge in [-0.2, -0.15) is 0 Å². The van der Waals surface area contributed by atoms with Gasteiger partial charge in [0.05, 0.1) is 10.2 Å². The van der Waals surface area contributed by atoms with Crippen LogP contribution in [0.1, 0.15) is 43.7 Å². The molecular weight excluding hydrogens is 335 g/mol. The normalized spacial score (nSPS) is 11.6. The molecule has 0 aliphatic carbocycles. The number of aromatic nitrogens is 1. The molecule has 0 saturated heterocycles. The van der Waals surface area contributed by atoms with Crippen molar-refractivity contribution in [3.63, 3.8) is 0 Å². The number of benzene rings is 1. The fourth-order valence-electron chi connectivity index (χ4n) is 3.29. The van der Waals surface area contributed by atoms with Crippen LogP contribution < -0.4 is 0 Å². The predicted octanol–water partition coefficient (Wildman–Crippen LogP) is 5.15. The molecule has 1 aromatic carbocycles. The summed E-state index contributed by atoms with van der Waals surface area (Å²) < 4.78 is 16.3. The van der Waals surface area contributed by atoms with Gasteiger partial charge >= 0.3 is 0 Å². The fraction of sp³-hybridized carbons (Fsp3) is 0.350. The molecule has 0 atom stereocenters. The number of amides is 1. The zero-order chi connectivity index (χ0) is 18.1. The van der Waals surface area contributed by atoms with E-state index in [1.54, 1.807) is 23.5 Å². The van der Waals surface area contributed by atoms with Gasteiger partial charge in [-0.3, -0.25) is 4.79 Å². The number of carbonyl (C=O) groups is 1. The van der Waals surface area contributed by atoms with Gasteiger partial charge in [-0.15, -0.1) is 11.3 Å². The Morgan fingerprint density at radius 2 is 1.76 bits per heavy atom. The molecule has 0 aliphatic rings. The Hall–Kier alpha value is -2.14. The van der Waals surface area contributed by atoms with Crippen LogP contribution in [0.15, 0.2) is 41.8 Å². The standard InChI is InChI=1S/C20H23FN2OS/c1-13(2)23(14(3)4)20(24)18-11-19-17(9-10-25-19)22(18)12-15-5-7-16(21)8-6-15/h5-11,13-14H,12H2,1-4H3. The second-order valence-electron chi connectivity index (χ2n) is 6.81. The van der Waals surface area contributed by atoms with E-state index in [1.807, 2.05) is 54.7 Å². The molecule has 3 aromatic rings. The number of hydrogen-bond donors (Lipinski definition) is 0. The van der Waals surface area contributed by atoms with Crippen LogP contribution in [-0.2, 0) is 6.54 Å². The van der Waals surface area contributed by atoms with Gasteiger partial charge in [-0.1, -0.05) is 12.1 Å². The van der Waals surface area contributed by atoms with Crippen molar-refractivity contribution < 1.29 is 9.18 Å². The third kappa shape index (κ3) is 3.47. The summed E-state index contributed by atoms with van der Waals surface area (Å²) in [6.07, 6.45) is 0. The van der Waals surface area contributed by atoms with E-state index in [2.05, 4.69) is 0 Å². The van der Waals surface area contributed by atoms with Crippen molar-refractivity contribution in [2.75, 3.05) is 0 Å². The summed E-state index contributed by atoms with van der Waals surface area (Å²) in [4.78, 5) is 15.1. The summed E-state index contributed by atoms with van der Waals surface area (Å²) in [6.45, 7) is 8.69. The number of halogens is 1. The molecule has 0 aliphatic heterocycles. The Morgan fingerprint density at radius 1 is 1.12 bits per heavy atom. The maximum absolute atomic E-state index is 13.2. The molecule has 3 rings (SSSR count). The zero-order valence-corrected chi connectivity index (χ0v) is 15.8.